The van der Waals surface area contributed by atoms with Crippen LogP contribution >= 0.6 is 0 Å². The smallest absolute Gasteiger partial charge is 0.407 e. The Bertz CT molecular complexity index is 285. The van der Waals surface area contributed by atoms with Crippen LogP contribution in [-0.2, 0) is 4.74 Å². The van der Waals surface area contributed by atoms with Crippen molar-refractivity contribution in [2.75, 3.05) is 13.6 Å². The number of carbonyl (C=O) groups excluding carboxylic acids is 2. The van der Waals surface area contributed by atoms with E-state index in [4.69, 9.17) is 4.74 Å². The van der Waals surface area contributed by atoms with Gasteiger partial charge in [0.15, 0.2) is 0 Å². The lowest BCUT2D eigenvalue weighted by Crippen LogP contribution is -2.49. The van der Waals surface area contributed by atoms with Crippen molar-refractivity contribution in [3.8, 4) is 0 Å². The van der Waals surface area contributed by atoms with Crippen LogP contribution in [0.15, 0.2) is 0 Å². The molecule has 1 atom stereocenters. The first-order valence-corrected chi connectivity index (χ1v) is 6.11. The third-order valence-electron chi connectivity index (χ3n) is 2.21. The van der Waals surface area contributed by atoms with E-state index in [1.807, 2.05) is 13.8 Å². The fourth-order valence-electron chi connectivity index (χ4n) is 1.20. The first-order valence-electron chi connectivity index (χ1n) is 6.11. The molecule has 1 unspecified atom stereocenters. The summed E-state index contributed by atoms with van der Waals surface area (Å²) in [7, 11) is 1.55. The maximum atomic E-state index is 11.5. The van der Waals surface area contributed by atoms with Crippen molar-refractivity contribution in [2.45, 2.75) is 46.3 Å². The third-order valence-corrected chi connectivity index (χ3v) is 2.21. The molecular weight excluding hydrogens is 234 g/mol. The molecule has 0 aromatic carbocycles. The lowest BCUT2D eigenvalue weighted by atomic mass is 10.0. The highest BCUT2D eigenvalue weighted by Gasteiger charge is 2.19. The summed E-state index contributed by atoms with van der Waals surface area (Å²) in [5.74, 6) is 0.206. The summed E-state index contributed by atoms with van der Waals surface area (Å²) >= 11 is 0. The van der Waals surface area contributed by atoms with Crippen LogP contribution in [0.1, 0.15) is 34.6 Å². The van der Waals surface area contributed by atoms with Crippen molar-refractivity contribution >= 4 is 12.1 Å². The van der Waals surface area contributed by atoms with Crippen molar-refractivity contribution in [2.24, 2.45) is 5.92 Å². The highest BCUT2D eigenvalue weighted by atomic mass is 16.6. The quantitative estimate of drug-likeness (QED) is 0.715. The molecular formula is C12H25N3O3. The van der Waals surface area contributed by atoms with E-state index in [0.29, 0.717) is 6.54 Å². The summed E-state index contributed by atoms with van der Waals surface area (Å²) < 4.78 is 5.12. The molecule has 0 aliphatic carbocycles. The van der Waals surface area contributed by atoms with Crippen molar-refractivity contribution in [1.82, 2.24) is 16.0 Å². The normalized spacial score (nSPS) is 12.8. The van der Waals surface area contributed by atoms with Gasteiger partial charge in [0, 0.05) is 13.6 Å². The molecule has 0 saturated heterocycles. The van der Waals surface area contributed by atoms with Gasteiger partial charge in [-0.25, -0.2) is 9.59 Å². The number of hydrogen-bond acceptors (Lipinski definition) is 3. The Morgan fingerprint density at radius 1 is 1.22 bits per heavy atom. The molecule has 0 spiro atoms. The summed E-state index contributed by atoms with van der Waals surface area (Å²) in [5, 5.41) is 7.89. The second kappa shape index (κ2) is 7.08. The van der Waals surface area contributed by atoms with Crippen molar-refractivity contribution in [3.63, 3.8) is 0 Å². The van der Waals surface area contributed by atoms with E-state index in [0.717, 1.165) is 0 Å². The van der Waals surface area contributed by atoms with Gasteiger partial charge in [0.25, 0.3) is 0 Å². The van der Waals surface area contributed by atoms with Gasteiger partial charge in [-0.3, -0.25) is 0 Å². The van der Waals surface area contributed by atoms with Gasteiger partial charge in [0.1, 0.15) is 5.60 Å². The van der Waals surface area contributed by atoms with E-state index in [9.17, 15) is 9.59 Å². The van der Waals surface area contributed by atoms with Crippen LogP contribution in [0.4, 0.5) is 9.59 Å². The van der Waals surface area contributed by atoms with Gasteiger partial charge in [0.2, 0.25) is 0 Å². The zero-order valence-electron chi connectivity index (χ0n) is 12.1. The molecule has 0 rings (SSSR count). The lowest BCUT2D eigenvalue weighted by Gasteiger charge is -2.24. The van der Waals surface area contributed by atoms with Gasteiger partial charge < -0.3 is 20.7 Å². The summed E-state index contributed by atoms with van der Waals surface area (Å²) in [6.45, 7) is 9.68. The largest absolute Gasteiger partial charge is 0.444 e. The molecule has 0 aromatic rings. The molecule has 18 heavy (non-hydrogen) atoms. The average Bonchev–Trinajstić information content (AvgIpc) is 2.20. The number of nitrogens with one attached hydrogen (secondary N) is 3. The van der Waals surface area contributed by atoms with Crippen LogP contribution in [-0.4, -0.2) is 37.4 Å². The summed E-state index contributed by atoms with van der Waals surface area (Å²) in [6.07, 6.45) is -0.480. The SMILES string of the molecule is CNC(=O)NC(CNC(=O)OC(C)(C)C)C(C)C. The lowest BCUT2D eigenvalue weighted by molar-refractivity contribution is 0.0520. The second-order valence-electron chi connectivity index (χ2n) is 5.46. The number of urea groups is 1. The minimum Gasteiger partial charge on any atom is -0.444 e. The zero-order chi connectivity index (χ0) is 14.3. The zero-order valence-corrected chi connectivity index (χ0v) is 12.1. The van der Waals surface area contributed by atoms with Crippen LogP contribution < -0.4 is 16.0 Å². The van der Waals surface area contributed by atoms with E-state index in [1.165, 1.54) is 0 Å². The molecule has 0 fully saturated rings. The van der Waals surface area contributed by atoms with Crippen LogP contribution in [0.5, 0.6) is 0 Å². The molecule has 3 N–H and O–H groups in total. The maximum absolute atomic E-state index is 11.5. The van der Waals surface area contributed by atoms with E-state index < -0.39 is 11.7 Å². The molecule has 0 aromatic heterocycles. The number of carbonyl (C=O) groups is 2. The Kier molecular flexibility index (Phi) is 6.51. The Balaban J connectivity index is 4.20. The molecule has 6 nitrogen and oxygen atoms in total. The third kappa shape index (κ3) is 7.76. The molecule has 3 amide bonds. The average molecular weight is 259 g/mol. The minimum atomic E-state index is -0.522. The van der Waals surface area contributed by atoms with E-state index in [1.54, 1.807) is 27.8 Å². The molecule has 106 valence electrons. The molecule has 0 saturated carbocycles. The Morgan fingerprint density at radius 3 is 2.17 bits per heavy atom. The number of ether oxygens (including phenoxy) is 1. The van der Waals surface area contributed by atoms with Crippen LogP contribution in [0.3, 0.4) is 0 Å². The number of hydrogen-bond donors (Lipinski definition) is 3. The van der Waals surface area contributed by atoms with E-state index in [2.05, 4.69) is 16.0 Å². The highest BCUT2D eigenvalue weighted by Crippen LogP contribution is 2.07. The Morgan fingerprint density at radius 2 is 1.78 bits per heavy atom. The predicted octanol–water partition coefficient (Wildman–Crippen LogP) is 1.46. The molecule has 0 heterocycles. The van der Waals surface area contributed by atoms with Gasteiger partial charge in [-0.05, 0) is 26.7 Å². The van der Waals surface area contributed by atoms with Crippen LogP contribution in [0.25, 0.3) is 0 Å². The molecule has 6 heteroatoms. The van der Waals surface area contributed by atoms with Crippen molar-refractivity contribution in [1.29, 1.82) is 0 Å². The van der Waals surface area contributed by atoms with Gasteiger partial charge in [-0.1, -0.05) is 13.8 Å². The fourth-order valence-corrected chi connectivity index (χ4v) is 1.20. The molecule has 0 aliphatic heterocycles. The first-order chi connectivity index (χ1) is 8.15. The second-order valence-corrected chi connectivity index (χ2v) is 5.46. The van der Waals surface area contributed by atoms with Gasteiger partial charge in [-0.15, -0.1) is 0 Å². The summed E-state index contributed by atoms with van der Waals surface area (Å²) in [6, 6.07) is -0.405. The van der Waals surface area contributed by atoms with Crippen molar-refractivity contribution in [3.05, 3.63) is 0 Å². The number of alkyl carbamates (subject to hydrolysis) is 1. The molecule has 0 bridgehead atoms. The van der Waals surface area contributed by atoms with Gasteiger partial charge >= 0.3 is 12.1 Å². The predicted molar refractivity (Wildman–Crippen MR) is 70.5 cm³/mol. The van der Waals surface area contributed by atoms with E-state index >= 15 is 0 Å². The maximum Gasteiger partial charge on any atom is 0.407 e. The van der Waals surface area contributed by atoms with Gasteiger partial charge in [0.05, 0.1) is 6.04 Å². The summed E-state index contributed by atoms with van der Waals surface area (Å²) in [4.78, 5) is 22.7. The fraction of sp³-hybridized carbons (Fsp3) is 0.833. The van der Waals surface area contributed by atoms with E-state index in [-0.39, 0.29) is 18.0 Å². The number of rotatable bonds is 4. The minimum absolute atomic E-state index is 0.141. The van der Waals surface area contributed by atoms with Gasteiger partial charge in [-0.2, -0.15) is 0 Å². The topological polar surface area (TPSA) is 79.5 Å². The van der Waals surface area contributed by atoms with Crippen molar-refractivity contribution < 1.29 is 14.3 Å². The summed E-state index contributed by atoms with van der Waals surface area (Å²) in [5.41, 5.74) is -0.522. The monoisotopic (exact) mass is 259 g/mol. The first kappa shape index (κ1) is 16.5. The standard InChI is InChI=1S/C12H25N3O3/c1-8(2)9(15-10(16)13-6)7-14-11(17)18-12(3,4)5/h8-9H,7H2,1-6H3,(H,14,17)(H2,13,15,16). The Labute approximate surface area is 109 Å². The van der Waals surface area contributed by atoms with Crippen LogP contribution in [0, 0.1) is 5.92 Å². The van der Waals surface area contributed by atoms with Crippen LogP contribution in [0.2, 0.25) is 0 Å². The number of amides is 3. The Hall–Kier alpha value is -1.46. The molecule has 0 radical (unpaired) electrons. The molecule has 0 aliphatic rings. The highest BCUT2D eigenvalue weighted by molar-refractivity contribution is 5.74.